The number of Topliss-reactive ketones (excluding diaryl/α,β-unsaturated/α-hetero) is 1. The maximum absolute atomic E-state index is 15.2. The molecule has 0 amide bonds. The van der Waals surface area contributed by atoms with E-state index in [0.29, 0.717) is 30.6 Å². The van der Waals surface area contributed by atoms with Crippen LogP contribution >= 0.6 is 0 Å². The zero-order chi connectivity index (χ0) is 23.9. The molecular formula is C30H37FO4. The van der Waals surface area contributed by atoms with Gasteiger partial charge in [0.2, 0.25) is 0 Å². The van der Waals surface area contributed by atoms with Crippen molar-refractivity contribution in [2.24, 2.45) is 46.8 Å². The Hall–Kier alpha value is -1.91. The van der Waals surface area contributed by atoms with Crippen LogP contribution in [0, 0.1) is 52.7 Å². The SMILES string of the molecule is O=C(CCC1C2CCC(C2)[C@H]1C(=O)O)c1cc(C2CC2)c(OCC23CC4CC(C2)C(C4)C3)cc1F. The van der Waals surface area contributed by atoms with Crippen LogP contribution in [0.3, 0.4) is 0 Å². The number of aliphatic carboxylic acids is 1. The number of benzene rings is 1. The molecule has 4 nitrogen and oxygen atoms in total. The number of fused-ring (bicyclic) bond motifs is 2. The van der Waals surface area contributed by atoms with E-state index >= 15 is 4.39 Å². The summed E-state index contributed by atoms with van der Waals surface area (Å²) in [4.78, 5) is 25.0. The van der Waals surface area contributed by atoms with E-state index in [1.807, 2.05) is 0 Å². The summed E-state index contributed by atoms with van der Waals surface area (Å²) in [5, 5.41) is 9.71. The molecule has 7 aliphatic rings. The Morgan fingerprint density at radius 2 is 1.71 bits per heavy atom. The van der Waals surface area contributed by atoms with Crippen molar-refractivity contribution in [3.05, 3.63) is 29.1 Å². The molecule has 1 N–H and O–H groups in total. The summed E-state index contributed by atoms with van der Waals surface area (Å²) in [6, 6.07) is 3.25. The molecule has 0 aromatic heterocycles. The van der Waals surface area contributed by atoms with Crippen LogP contribution < -0.4 is 4.74 Å². The van der Waals surface area contributed by atoms with Crippen LogP contribution in [0.5, 0.6) is 5.75 Å². The quantitative estimate of drug-likeness (QED) is 0.404. The normalized spacial score (nSPS) is 40.5. The second-order valence-corrected chi connectivity index (χ2v) is 13.2. The molecule has 0 spiro atoms. The van der Waals surface area contributed by atoms with Gasteiger partial charge in [0.15, 0.2) is 5.78 Å². The van der Waals surface area contributed by atoms with E-state index in [4.69, 9.17) is 4.74 Å². The van der Waals surface area contributed by atoms with Gasteiger partial charge in [-0.3, -0.25) is 9.59 Å². The summed E-state index contributed by atoms with van der Waals surface area (Å²) >= 11 is 0. The van der Waals surface area contributed by atoms with Gasteiger partial charge in [0.25, 0.3) is 0 Å². The Morgan fingerprint density at radius 3 is 2.40 bits per heavy atom. The molecule has 188 valence electrons. The van der Waals surface area contributed by atoms with Gasteiger partial charge in [-0.2, -0.15) is 0 Å². The van der Waals surface area contributed by atoms with Crippen molar-refractivity contribution < 1.29 is 23.8 Å². The van der Waals surface area contributed by atoms with Crippen LogP contribution in [0.25, 0.3) is 0 Å². The minimum atomic E-state index is -0.721. The van der Waals surface area contributed by atoms with Crippen molar-refractivity contribution in [2.45, 2.75) is 83.0 Å². The fraction of sp³-hybridized carbons (Fsp3) is 0.733. The Labute approximate surface area is 207 Å². The maximum Gasteiger partial charge on any atom is 0.307 e. The molecule has 7 aliphatic carbocycles. The second kappa shape index (κ2) is 8.05. The van der Waals surface area contributed by atoms with Gasteiger partial charge in [-0.05, 0) is 124 Å². The van der Waals surface area contributed by atoms with E-state index in [0.717, 1.165) is 55.4 Å². The molecule has 6 bridgehead atoms. The van der Waals surface area contributed by atoms with Gasteiger partial charge in [0, 0.05) is 17.9 Å². The summed E-state index contributed by atoms with van der Waals surface area (Å²) in [7, 11) is 0. The van der Waals surface area contributed by atoms with Gasteiger partial charge in [-0.25, -0.2) is 4.39 Å². The smallest absolute Gasteiger partial charge is 0.307 e. The highest BCUT2D eigenvalue weighted by atomic mass is 19.1. The van der Waals surface area contributed by atoms with Gasteiger partial charge in [0.05, 0.1) is 18.1 Å². The lowest BCUT2D eigenvalue weighted by Crippen LogP contribution is -2.33. The zero-order valence-electron chi connectivity index (χ0n) is 20.5. The first-order chi connectivity index (χ1) is 16.9. The number of hydrogen-bond acceptors (Lipinski definition) is 3. The number of rotatable bonds is 9. The van der Waals surface area contributed by atoms with Crippen LogP contribution in [-0.2, 0) is 4.79 Å². The highest BCUT2D eigenvalue weighted by Gasteiger charge is 2.56. The molecule has 5 heteroatoms. The molecule has 8 rings (SSSR count). The first-order valence-electron chi connectivity index (χ1n) is 14.1. The van der Waals surface area contributed by atoms with Gasteiger partial charge in [-0.15, -0.1) is 0 Å². The fourth-order valence-electron chi connectivity index (χ4n) is 9.65. The van der Waals surface area contributed by atoms with E-state index in [-0.39, 0.29) is 40.9 Å². The minimum Gasteiger partial charge on any atom is -0.493 e. The lowest BCUT2D eigenvalue weighted by molar-refractivity contribution is -0.145. The third kappa shape index (κ3) is 3.74. The number of carboxylic acids is 1. The molecule has 1 aromatic rings. The number of hydrogen-bond donors (Lipinski definition) is 1. The molecule has 0 radical (unpaired) electrons. The van der Waals surface area contributed by atoms with Crippen LogP contribution in [-0.4, -0.2) is 23.5 Å². The molecule has 7 saturated carbocycles. The first-order valence-corrected chi connectivity index (χ1v) is 14.1. The summed E-state index contributed by atoms with van der Waals surface area (Å²) in [6.07, 6.45) is 12.6. The summed E-state index contributed by atoms with van der Waals surface area (Å²) in [5.74, 6) is 2.66. The molecule has 1 aromatic carbocycles. The van der Waals surface area contributed by atoms with E-state index in [9.17, 15) is 14.7 Å². The van der Waals surface area contributed by atoms with E-state index < -0.39 is 11.8 Å². The van der Waals surface area contributed by atoms with Crippen LogP contribution in [0.15, 0.2) is 12.1 Å². The zero-order valence-corrected chi connectivity index (χ0v) is 20.5. The molecule has 35 heavy (non-hydrogen) atoms. The number of halogens is 1. The highest BCUT2D eigenvalue weighted by molar-refractivity contribution is 5.96. The van der Waals surface area contributed by atoms with E-state index in [1.54, 1.807) is 6.07 Å². The lowest BCUT2D eigenvalue weighted by atomic mass is 9.70. The largest absolute Gasteiger partial charge is 0.493 e. The Balaban J connectivity index is 1.05. The fourth-order valence-corrected chi connectivity index (χ4v) is 9.65. The molecule has 0 aliphatic heterocycles. The molecule has 5 unspecified atom stereocenters. The van der Waals surface area contributed by atoms with Gasteiger partial charge < -0.3 is 9.84 Å². The molecule has 0 saturated heterocycles. The standard InChI is InChI=1S/C30H37FO4/c31-25-11-27(35-15-30-12-16-7-20(13-30)21(8-16)14-30)23(17-1-2-17)10-24(25)26(32)6-5-22-18-3-4-19(9-18)28(22)29(33)34/h10-11,16-22,28H,1-9,12-15H2,(H,33,34)/t16?,18?,19?,20?,21?,22?,28-,30?/m1/s1. The van der Waals surface area contributed by atoms with Gasteiger partial charge in [0.1, 0.15) is 11.6 Å². The van der Waals surface area contributed by atoms with Gasteiger partial charge >= 0.3 is 5.97 Å². The third-order valence-electron chi connectivity index (χ3n) is 11.1. The summed E-state index contributed by atoms with van der Waals surface area (Å²) in [6.45, 7) is 0.684. The summed E-state index contributed by atoms with van der Waals surface area (Å²) < 4.78 is 21.6. The van der Waals surface area contributed by atoms with Crippen LogP contribution in [0.4, 0.5) is 4.39 Å². The van der Waals surface area contributed by atoms with Crippen molar-refractivity contribution in [3.63, 3.8) is 0 Å². The van der Waals surface area contributed by atoms with E-state index in [2.05, 4.69) is 0 Å². The molecule has 6 atom stereocenters. The molecular weight excluding hydrogens is 443 g/mol. The predicted octanol–water partition coefficient (Wildman–Crippen LogP) is 6.62. The van der Waals surface area contributed by atoms with Crippen molar-refractivity contribution in [1.82, 2.24) is 0 Å². The number of carbonyl (C=O) groups excluding carboxylic acids is 1. The maximum atomic E-state index is 15.2. The molecule has 7 fully saturated rings. The Morgan fingerprint density at radius 1 is 0.971 bits per heavy atom. The van der Waals surface area contributed by atoms with Crippen molar-refractivity contribution in [3.8, 4) is 5.75 Å². The highest BCUT2D eigenvalue weighted by Crippen LogP contribution is 2.64. The molecule has 0 heterocycles. The number of carboxylic acid groups (broad SMARTS) is 1. The first kappa shape index (κ1) is 22.3. The lowest BCUT2D eigenvalue weighted by Gasteiger charge is -2.38. The van der Waals surface area contributed by atoms with Crippen LogP contribution in [0.1, 0.15) is 98.9 Å². The number of ketones is 1. The number of ether oxygens (including phenoxy) is 1. The Kier molecular flexibility index (Phi) is 5.13. The van der Waals surface area contributed by atoms with Crippen molar-refractivity contribution >= 4 is 11.8 Å². The van der Waals surface area contributed by atoms with E-state index in [1.165, 1.54) is 38.2 Å². The van der Waals surface area contributed by atoms with Crippen molar-refractivity contribution in [2.75, 3.05) is 6.61 Å². The predicted molar refractivity (Wildman–Crippen MR) is 129 cm³/mol. The average Bonchev–Trinajstić information content (AvgIpc) is 3.26. The van der Waals surface area contributed by atoms with Crippen molar-refractivity contribution in [1.29, 1.82) is 0 Å². The van der Waals surface area contributed by atoms with Crippen LogP contribution in [0.2, 0.25) is 0 Å². The van der Waals surface area contributed by atoms with Gasteiger partial charge in [-0.1, -0.05) is 0 Å². The second-order valence-electron chi connectivity index (χ2n) is 13.2. The monoisotopic (exact) mass is 480 g/mol. The Bertz CT molecular complexity index is 1040. The summed E-state index contributed by atoms with van der Waals surface area (Å²) in [5.41, 5.74) is 1.46. The topological polar surface area (TPSA) is 63.6 Å². The number of carbonyl (C=O) groups is 2. The minimum absolute atomic E-state index is 0.0555. The third-order valence-corrected chi connectivity index (χ3v) is 11.1. The average molecular weight is 481 g/mol.